The van der Waals surface area contributed by atoms with Crippen LogP contribution in [0.5, 0.6) is 0 Å². The Hall–Kier alpha value is -4.17. The third-order valence-electron chi connectivity index (χ3n) is 8.19. The minimum atomic E-state index is -0.613. The van der Waals surface area contributed by atoms with Gasteiger partial charge in [0, 0.05) is 36.9 Å². The van der Waals surface area contributed by atoms with E-state index < -0.39 is 12.0 Å². The molecule has 4 aromatic rings. The molecule has 8 heteroatoms. The first-order valence-electron chi connectivity index (χ1n) is 15.3. The molecule has 0 N–H and O–H groups in total. The predicted molar refractivity (Wildman–Crippen MR) is 180 cm³/mol. The van der Waals surface area contributed by atoms with Crippen molar-refractivity contribution in [3.8, 4) is 5.69 Å². The standard InChI is InChI=1S/C36H42N4O3S/c1-9-11-30-32(35(42)43-10-2)33(26-14-12-25(13-15-26)22(3)4)40-34(41)31(44-36(40)37-30)21-27-20-23(5)39(24(27)6)29-18-16-28(17-19-29)38(7)8/h12-22,33H,9-11H2,1-8H3/b31-21+/t33-/m0/s1. The summed E-state index contributed by atoms with van der Waals surface area (Å²) in [7, 11) is 4.06. The Bertz CT molecular complexity index is 1890. The number of esters is 1. The summed E-state index contributed by atoms with van der Waals surface area (Å²) in [5.41, 5.74) is 8.35. The van der Waals surface area contributed by atoms with Crippen molar-refractivity contribution >= 4 is 29.1 Å². The van der Waals surface area contributed by atoms with E-state index in [0.29, 0.717) is 32.9 Å². The molecule has 0 spiro atoms. The highest BCUT2D eigenvalue weighted by Gasteiger charge is 2.34. The summed E-state index contributed by atoms with van der Waals surface area (Å²) in [5, 5.41) is 0. The normalized spacial score (nSPS) is 15.0. The number of rotatable bonds is 9. The van der Waals surface area contributed by atoms with Gasteiger partial charge in [0.2, 0.25) is 0 Å². The molecule has 1 atom stereocenters. The van der Waals surface area contributed by atoms with Gasteiger partial charge in [-0.2, -0.15) is 0 Å². The highest BCUT2D eigenvalue weighted by atomic mass is 32.1. The maximum atomic E-state index is 14.2. The number of thiazole rings is 1. The van der Waals surface area contributed by atoms with Crippen LogP contribution in [0.3, 0.4) is 0 Å². The van der Waals surface area contributed by atoms with Crippen LogP contribution in [0.15, 0.2) is 75.7 Å². The fraction of sp³-hybridized carbons (Fsp3) is 0.361. The van der Waals surface area contributed by atoms with Gasteiger partial charge in [-0.1, -0.05) is 62.8 Å². The molecule has 0 saturated heterocycles. The van der Waals surface area contributed by atoms with Crippen molar-refractivity contribution in [3.05, 3.63) is 114 Å². The molecular formula is C36H42N4O3S. The van der Waals surface area contributed by atoms with Crippen LogP contribution in [0.2, 0.25) is 0 Å². The molecule has 0 radical (unpaired) electrons. The number of ether oxygens (including phenoxy) is 1. The van der Waals surface area contributed by atoms with E-state index in [2.05, 4.69) is 86.6 Å². The summed E-state index contributed by atoms with van der Waals surface area (Å²) in [6.07, 6.45) is 3.40. The smallest absolute Gasteiger partial charge is 0.338 e. The Kier molecular flexibility index (Phi) is 9.11. The molecule has 1 aliphatic rings. The quantitative estimate of drug-likeness (QED) is 0.213. The van der Waals surface area contributed by atoms with Crippen molar-refractivity contribution in [2.45, 2.75) is 66.3 Å². The second kappa shape index (κ2) is 12.8. The molecule has 0 aliphatic carbocycles. The lowest BCUT2D eigenvalue weighted by Gasteiger charge is -2.26. The molecule has 5 rings (SSSR count). The van der Waals surface area contributed by atoms with E-state index >= 15 is 0 Å². The van der Waals surface area contributed by atoms with Gasteiger partial charge in [-0.25, -0.2) is 9.79 Å². The van der Waals surface area contributed by atoms with E-state index in [1.54, 1.807) is 11.5 Å². The third kappa shape index (κ3) is 5.83. The molecule has 0 amide bonds. The van der Waals surface area contributed by atoms with Crippen LogP contribution in [0.25, 0.3) is 11.8 Å². The fourth-order valence-corrected chi connectivity index (χ4v) is 6.88. The zero-order valence-electron chi connectivity index (χ0n) is 27.0. The van der Waals surface area contributed by atoms with E-state index in [1.165, 1.54) is 16.9 Å². The molecule has 0 unspecified atom stereocenters. The highest BCUT2D eigenvalue weighted by Crippen LogP contribution is 2.33. The second-order valence-electron chi connectivity index (χ2n) is 11.8. The number of allylic oxidation sites excluding steroid dienone is 1. The number of carbonyl (C=O) groups excluding carboxylic acids is 1. The summed E-state index contributed by atoms with van der Waals surface area (Å²) in [4.78, 5) is 35.3. The Morgan fingerprint density at radius 1 is 1.07 bits per heavy atom. The van der Waals surface area contributed by atoms with Gasteiger partial charge >= 0.3 is 5.97 Å². The van der Waals surface area contributed by atoms with Crippen LogP contribution in [0.4, 0.5) is 5.69 Å². The zero-order chi connectivity index (χ0) is 31.7. The van der Waals surface area contributed by atoms with Gasteiger partial charge in [0.1, 0.15) is 0 Å². The molecule has 1 aliphatic heterocycles. The first-order chi connectivity index (χ1) is 21.0. The van der Waals surface area contributed by atoms with Crippen LogP contribution < -0.4 is 19.8 Å². The molecule has 7 nitrogen and oxygen atoms in total. The molecule has 44 heavy (non-hydrogen) atoms. The maximum Gasteiger partial charge on any atom is 0.338 e. The molecule has 0 fully saturated rings. The number of anilines is 1. The van der Waals surface area contributed by atoms with Crippen molar-refractivity contribution in [1.82, 2.24) is 9.13 Å². The fourth-order valence-electron chi connectivity index (χ4n) is 5.87. The van der Waals surface area contributed by atoms with Crippen LogP contribution in [-0.2, 0) is 9.53 Å². The van der Waals surface area contributed by atoms with Crippen LogP contribution in [0, 0.1) is 13.8 Å². The van der Waals surface area contributed by atoms with Gasteiger partial charge < -0.3 is 14.2 Å². The average molecular weight is 611 g/mol. The summed E-state index contributed by atoms with van der Waals surface area (Å²) in [6, 6.07) is 18.2. The lowest BCUT2D eigenvalue weighted by Crippen LogP contribution is -2.40. The molecule has 2 aromatic heterocycles. The average Bonchev–Trinajstić information content (AvgIpc) is 3.46. The number of aryl methyl sites for hydroxylation is 1. The summed E-state index contributed by atoms with van der Waals surface area (Å²) in [5.74, 6) is -0.0533. The number of fused-ring (bicyclic) bond motifs is 1. The Balaban J connectivity index is 1.68. The van der Waals surface area contributed by atoms with E-state index in [9.17, 15) is 9.59 Å². The van der Waals surface area contributed by atoms with Crippen molar-refractivity contribution < 1.29 is 9.53 Å². The Labute approximate surface area is 263 Å². The predicted octanol–water partition coefficient (Wildman–Crippen LogP) is 6.18. The largest absolute Gasteiger partial charge is 0.463 e. The SMILES string of the molecule is CCCC1=C(C(=O)OCC)[C@H](c2ccc(C(C)C)cc2)n2c(s/c(=C/c3cc(C)n(-c4ccc(N(C)C)cc4)c3C)c2=O)=N1. The molecular weight excluding hydrogens is 568 g/mol. The van der Waals surface area contributed by atoms with Gasteiger partial charge in [0.15, 0.2) is 4.80 Å². The molecule has 3 heterocycles. The maximum absolute atomic E-state index is 14.2. The van der Waals surface area contributed by atoms with Gasteiger partial charge in [-0.05, 0) is 86.2 Å². The van der Waals surface area contributed by atoms with Crippen molar-refractivity contribution in [3.63, 3.8) is 0 Å². The molecule has 230 valence electrons. The number of hydrogen-bond acceptors (Lipinski definition) is 6. The number of hydrogen-bond donors (Lipinski definition) is 0. The van der Waals surface area contributed by atoms with Crippen molar-refractivity contribution in [1.29, 1.82) is 0 Å². The number of carbonyl (C=O) groups is 1. The number of aromatic nitrogens is 2. The summed E-state index contributed by atoms with van der Waals surface area (Å²) >= 11 is 1.37. The van der Waals surface area contributed by atoms with E-state index in [-0.39, 0.29) is 12.2 Å². The lowest BCUT2D eigenvalue weighted by molar-refractivity contribution is -0.139. The third-order valence-corrected chi connectivity index (χ3v) is 9.18. The van der Waals surface area contributed by atoms with E-state index in [4.69, 9.17) is 9.73 Å². The highest BCUT2D eigenvalue weighted by molar-refractivity contribution is 7.07. The lowest BCUT2D eigenvalue weighted by atomic mass is 9.92. The molecule has 0 bridgehead atoms. The Morgan fingerprint density at radius 3 is 2.34 bits per heavy atom. The van der Waals surface area contributed by atoms with Gasteiger partial charge in [-0.3, -0.25) is 9.36 Å². The molecule has 2 aromatic carbocycles. The minimum absolute atomic E-state index is 0.163. The first-order valence-corrected chi connectivity index (χ1v) is 16.2. The first kappa shape index (κ1) is 31.3. The summed E-state index contributed by atoms with van der Waals surface area (Å²) in [6.45, 7) is 12.6. The van der Waals surface area contributed by atoms with E-state index in [0.717, 1.165) is 40.3 Å². The topological polar surface area (TPSA) is 68.8 Å². The minimum Gasteiger partial charge on any atom is -0.463 e. The van der Waals surface area contributed by atoms with Gasteiger partial charge in [-0.15, -0.1) is 0 Å². The van der Waals surface area contributed by atoms with Crippen molar-refractivity contribution in [2.24, 2.45) is 4.99 Å². The van der Waals surface area contributed by atoms with Crippen molar-refractivity contribution in [2.75, 3.05) is 25.6 Å². The van der Waals surface area contributed by atoms with Gasteiger partial charge in [0.05, 0.1) is 28.5 Å². The summed E-state index contributed by atoms with van der Waals surface area (Å²) < 4.78 is 10.0. The van der Waals surface area contributed by atoms with E-state index in [1.807, 2.05) is 32.3 Å². The molecule has 0 saturated carbocycles. The number of nitrogens with zero attached hydrogens (tertiary/aromatic N) is 4. The second-order valence-corrected chi connectivity index (χ2v) is 12.8. The van der Waals surface area contributed by atoms with Gasteiger partial charge in [0.25, 0.3) is 5.56 Å². The van der Waals surface area contributed by atoms with Crippen LogP contribution in [0.1, 0.15) is 80.6 Å². The monoisotopic (exact) mass is 610 g/mol. The van der Waals surface area contributed by atoms with Crippen LogP contribution >= 0.6 is 11.3 Å². The zero-order valence-corrected chi connectivity index (χ0v) is 27.8. The Morgan fingerprint density at radius 2 is 1.75 bits per heavy atom. The number of benzene rings is 2. The van der Waals surface area contributed by atoms with Crippen LogP contribution in [-0.4, -0.2) is 35.8 Å².